The molecule has 1 aliphatic rings. The van der Waals surface area contributed by atoms with Crippen molar-refractivity contribution >= 4 is 8.32 Å². The van der Waals surface area contributed by atoms with Gasteiger partial charge in [-0.2, -0.15) is 0 Å². The minimum Gasteiger partial charge on any atom is -0.467 e. The molecule has 1 saturated heterocycles. The molecule has 0 spiro atoms. The molecule has 0 aliphatic carbocycles. The molecule has 2 atom stereocenters. The van der Waals surface area contributed by atoms with E-state index < -0.39 is 14.1 Å². The van der Waals surface area contributed by atoms with Crippen LogP contribution in [0.4, 0.5) is 0 Å². The number of ether oxygens (including phenoxy) is 2. The molecule has 1 rings (SSSR count). The van der Waals surface area contributed by atoms with Crippen LogP contribution in [0.2, 0.25) is 19.6 Å². The highest BCUT2D eigenvalue weighted by molar-refractivity contribution is 6.69. The Labute approximate surface area is 99.9 Å². The van der Waals surface area contributed by atoms with Crippen molar-refractivity contribution in [1.82, 2.24) is 0 Å². The van der Waals surface area contributed by atoms with Crippen LogP contribution in [0.25, 0.3) is 0 Å². The van der Waals surface area contributed by atoms with Gasteiger partial charge in [-0.15, -0.1) is 0 Å². The summed E-state index contributed by atoms with van der Waals surface area (Å²) in [4.78, 5) is 0. The number of hydrogen-bond donors (Lipinski definition) is 0. The maximum Gasteiger partial charge on any atom is 0.206 e. The summed E-state index contributed by atoms with van der Waals surface area (Å²) in [5.41, 5.74) is 0. The standard InChI is InChI=1S/C12H24O3Si/c1-8-10-9(2)11(15-16(5,6)7)14-12(3,4)13-10/h8-9,11H,1-7H3/b10-8-. The van der Waals surface area contributed by atoms with E-state index in [1.807, 2.05) is 26.8 Å². The van der Waals surface area contributed by atoms with Crippen LogP contribution in [-0.4, -0.2) is 20.4 Å². The summed E-state index contributed by atoms with van der Waals surface area (Å²) in [5, 5.41) is 0. The smallest absolute Gasteiger partial charge is 0.206 e. The van der Waals surface area contributed by atoms with Crippen molar-refractivity contribution < 1.29 is 13.9 Å². The second-order valence-electron chi connectivity index (χ2n) is 5.70. The van der Waals surface area contributed by atoms with Crippen molar-refractivity contribution in [2.24, 2.45) is 5.92 Å². The average Bonchev–Trinajstić information content (AvgIpc) is 2.07. The Morgan fingerprint density at radius 1 is 1.31 bits per heavy atom. The van der Waals surface area contributed by atoms with E-state index in [0.29, 0.717) is 0 Å². The molecule has 1 aliphatic heterocycles. The number of allylic oxidation sites excluding steroid dienone is 1. The van der Waals surface area contributed by atoms with E-state index in [1.165, 1.54) is 0 Å². The van der Waals surface area contributed by atoms with Gasteiger partial charge in [-0.3, -0.25) is 0 Å². The lowest BCUT2D eigenvalue weighted by Gasteiger charge is -2.43. The van der Waals surface area contributed by atoms with Crippen LogP contribution >= 0.6 is 0 Å². The Hall–Kier alpha value is -0.323. The van der Waals surface area contributed by atoms with Crippen molar-refractivity contribution in [3.63, 3.8) is 0 Å². The molecule has 3 nitrogen and oxygen atoms in total. The topological polar surface area (TPSA) is 27.7 Å². The van der Waals surface area contributed by atoms with E-state index >= 15 is 0 Å². The third-order valence-electron chi connectivity index (χ3n) is 2.37. The molecule has 1 heterocycles. The highest BCUT2D eigenvalue weighted by atomic mass is 28.4. The van der Waals surface area contributed by atoms with Crippen LogP contribution in [0, 0.1) is 5.92 Å². The van der Waals surface area contributed by atoms with Gasteiger partial charge in [-0.05, 0) is 32.6 Å². The van der Waals surface area contributed by atoms with Gasteiger partial charge in [0.15, 0.2) is 14.6 Å². The van der Waals surface area contributed by atoms with E-state index in [2.05, 4.69) is 26.6 Å². The fraction of sp³-hybridized carbons (Fsp3) is 0.833. The first kappa shape index (κ1) is 13.7. The van der Waals surface area contributed by atoms with Crippen molar-refractivity contribution in [3.8, 4) is 0 Å². The molecule has 0 saturated carbocycles. The van der Waals surface area contributed by atoms with Gasteiger partial charge in [-0.1, -0.05) is 6.92 Å². The Morgan fingerprint density at radius 2 is 1.88 bits per heavy atom. The predicted octanol–water partition coefficient (Wildman–Crippen LogP) is 3.49. The molecule has 0 N–H and O–H groups in total. The largest absolute Gasteiger partial charge is 0.467 e. The number of hydrogen-bond acceptors (Lipinski definition) is 3. The molecule has 0 aromatic heterocycles. The Bertz CT molecular complexity index is 276. The second kappa shape index (κ2) is 4.51. The molecular weight excluding hydrogens is 220 g/mol. The Kier molecular flexibility index (Phi) is 3.87. The van der Waals surface area contributed by atoms with Crippen molar-refractivity contribution in [2.45, 2.75) is 59.4 Å². The maximum atomic E-state index is 6.05. The summed E-state index contributed by atoms with van der Waals surface area (Å²) in [6, 6.07) is 0. The van der Waals surface area contributed by atoms with Crippen LogP contribution in [0.15, 0.2) is 11.8 Å². The Morgan fingerprint density at radius 3 is 2.31 bits per heavy atom. The second-order valence-corrected chi connectivity index (χ2v) is 10.2. The Balaban J connectivity index is 2.83. The molecule has 0 bridgehead atoms. The van der Waals surface area contributed by atoms with Gasteiger partial charge >= 0.3 is 0 Å². The molecule has 2 unspecified atom stereocenters. The molecule has 0 aromatic carbocycles. The SMILES string of the molecule is C/C=C1\OC(C)(C)OC(O[Si](C)(C)C)C1C. The lowest BCUT2D eigenvalue weighted by atomic mass is 10.1. The van der Waals surface area contributed by atoms with Crippen molar-refractivity contribution in [1.29, 1.82) is 0 Å². The molecule has 94 valence electrons. The van der Waals surface area contributed by atoms with Gasteiger partial charge in [-0.25, -0.2) is 0 Å². The van der Waals surface area contributed by atoms with Gasteiger partial charge in [0, 0.05) is 13.8 Å². The van der Waals surface area contributed by atoms with E-state index in [9.17, 15) is 0 Å². The van der Waals surface area contributed by atoms with Crippen LogP contribution < -0.4 is 0 Å². The first-order valence-electron chi connectivity index (χ1n) is 5.85. The van der Waals surface area contributed by atoms with Gasteiger partial charge in [0.25, 0.3) is 0 Å². The normalized spacial score (nSPS) is 32.6. The van der Waals surface area contributed by atoms with E-state index in [0.717, 1.165) is 5.76 Å². The molecule has 0 aromatic rings. The quantitative estimate of drug-likeness (QED) is 0.696. The summed E-state index contributed by atoms with van der Waals surface area (Å²) >= 11 is 0. The van der Waals surface area contributed by atoms with Crippen molar-refractivity contribution in [3.05, 3.63) is 11.8 Å². The lowest BCUT2D eigenvalue weighted by Crippen LogP contribution is -2.48. The molecule has 1 fully saturated rings. The van der Waals surface area contributed by atoms with Crippen LogP contribution in [0.1, 0.15) is 27.7 Å². The average molecular weight is 244 g/mol. The third-order valence-corrected chi connectivity index (χ3v) is 3.31. The van der Waals surface area contributed by atoms with Gasteiger partial charge in [0.05, 0.1) is 5.92 Å². The maximum absolute atomic E-state index is 6.05. The molecule has 16 heavy (non-hydrogen) atoms. The van der Waals surface area contributed by atoms with Crippen LogP contribution in [0.5, 0.6) is 0 Å². The van der Waals surface area contributed by atoms with Crippen LogP contribution in [-0.2, 0) is 13.9 Å². The molecule has 0 amide bonds. The van der Waals surface area contributed by atoms with Gasteiger partial charge in [0.2, 0.25) is 5.79 Å². The van der Waals surface area contributed by atoms with Gasteiger partial charge in [0.1, 0.15) is 5.76 Å². The summed E-state index contributed by atoms with van der Waals surface area (Å²) in [5.74, 6) is 0.517. The minimum atomic E-state index is -1.60. The summed E-state index contributed by atoms with van der Waals surface area (Å²) < 4.78 is 17.7. The zero-order valence-electron chi connectivity index (χ0n) is 11.5. The molecule has 4 heteroatoms. The fourth-order valence-corrected chi connectivity index (χ4v) is 2.66. The summed E-state index contributed by atoms with van der Waals surface area (Å²) in [7, 11) is -1.60. The molecule has 0 radical (unpaired) electrons. The predicted molar refractivity (Wildman–Crippen MR) is 67.4 cm³/mol. The third kappa shape index (κ3) is 3.61. The van der Waals surface area contributed by atoms with Gasteiger partial charge < -0.3 is 13.9 Å². The van der Waals surface area contributed by atoms with Crippen molar-refractivity contribution in [2.75, 3.05) is 0 Å². The van der Waals surface area contributed by atoms with Crippen LogP contribution in [0.3, 0.4) is 0 Å². The zero-order valence-corrected chi connectivity index (χ0v) is 12.5. The fourth-order valence-electron chi connectivity index (χ4n) is 1.71. The molecular formula is C12H24O3Si. The lowest BCUT2D eigenvalue weighted by molar-refractivity contribution is -0.309. The summed E-state index contributed by atoms with van der Waals surface area (Å²) in [6.07, 6.45) is 1.80. The minimum absolute atomic E-state index is 0.157. The first-order valence-corrected chi connectivity index (χ1v) is 9.26. The van der Waals surface area contributed by atoms with E-state index in [-0.39, 0.29) is 12.2 Å². The summed E-state index contributed by atoms with van der Waals surface area (Å²) in [6.45, 7) is 14.4. The van der Waals surface area contributed by atoms with E-state index in [1.54, 1.807) is 0 Å². The van der Waals surface area contributed by atoms with E-state index in [4.69, 9.17) is 13.9 Å². The highest BCUT2D eigenvalue weighted by Gasteiger charge is 2.40. The monoisotopic (exact) mass is 244 g/mol. The number of rotatable bonds is 2. The zero-order chi connectivity index (χ0) is 12.6. The first-order chi connectivity index (χ1) is 7.14. The highest BCUT2D eigenvalue weighted by Crippen LogP contribution is 2.35.